The standard InChI is InChI=1S/C15H18N2O2S/c18-14(13-9-20-15(19)17-13)16-8-10-4-6-12(7-5-10)11-2-1-3-11/h4-7,11,13H,1-3,8-9H2,(H,16,18)(H,17,19)/t13-/m1/s1. The molecule has 0 radical (unpaired) electrons. The van der Waals surface area contributed by atoms with Crippen LogP contribution in [0.2, 0.25) is 0 Å². The Hall–Kier alpha value is -1.49. The molecule has 2 N–H and O–H groups in total. The first-order valence-electron chi connectivity index (χ1n) is 7.02. The Morgan fingerprint density at radius 2 is 2.05 bits per heavy atom. The molecule has 0 bridgehead atoms. The van der Waals surface area contributed by atoms with Gasteiger partial charge < -0.3 is 10.6 Å². The predicted molar refractivity (Wildman–Crippen MR) is 79.7 cm³/mol. The number of thioether (sulfide) groups is 1. The summed E-state index contributed by atoms with van der Waals surface area (Å²) in [5, 5.41) is 5.40. The molecule has 5 heteroatoms. The molecule has 0 unspecified atom stereocenters. The highest BCUT2D eigenvalue weighted by atomic mass is 32.2. The molecule has 1 heterocycles. The Bertz CT molecular complexity index is 511. The average Bonchev–Trinajstić information content (AvgIpc) is 2.82. The lowest BCUT2D eigenvalue weighted by molar-refractivity contribution is -0.122. The van der Waals surface area contributed by atoms with E-state index in [1.807, 2.05) is 0 Å². The van der Waals surface area contributed by atoms with Crippen molar-refractivity contribution in [1.29, 1.82) is 0 Å². The first-order chi connectivity index (χ1) is 9.72. The Morgan fingerprint density at radius 1 is 1.30 bits per heavy atom. The maximum Gasteiger partial charge on any atom is 0.279 e. The normalized spacial score (nSPS) is 22.2. The van der Waals surface area contributed by atoms with Crippen LogP contribution in [0.15, 0.2) is 24.3 Å². The summed E-state index contributed by atoms with van der Waals surface area (Å²) < 4.78 is 0. The third kappa shape index (κ3) is 2.98. The molecule has 20 heavy (non-hydrogen) atoms. The fraction of sp³-hybridized carbons (Fsp3) is 0.467. The Balaban J connectivity index is 1.50. The van der Waals surface area contributed by atoms with Gasteiger partial charge in [-0.1, -0.05) is 42.4 Å². The van der Waals surface area contributed by atoms with Gasteiger partial charge >= 0.3 is 0 Å². The Morgan fingerprint density at radius 3 is 2.60 bits per heavy atom. The lowest BCUT2D eigenvalue weighted by Gasteiger charge is -2.25. The van der Waals surface area contributed by atoms with Gasteiger partial charge in [0.1, 0.15) is 6.04 Å². The van der Waals surface area contributed by atoms with E-state index in [0.717, 1.165) is 23.2 Å². The summed E-state index contributed by atoms with van der Waals surface area (Å²) >= 11 is 1.16. The van der Waals surface area contributed by atoms with Crippen molar-refractivity contribution in [2.75, 3.05) is 5.75 Å². The van der Waals surface area contributed by atoms with E-state index in [9.17, 15) is 9.59 Å². The zero-order valence-electron chi connectivity index (χ0n) is 11.2. The first-order valence-corrected chi connectivity index (χ1v) is 8.01. The van der Waals surface area contributed by atoms with Gasteiger partial charge in [-0.2, -0.15) is 0 Å². The van der Waals surface area contributed by atoms with Crippen molar-refractivity contribution in [3.8, 4) is 0 Å². The van der Waals surface area contributed by atoms with Gasteiger partial charge in [0.05, 0.1) is 0 Å². The van der Waals surface area contributed by atoms with E-state index in [0.29, 0.717) is 12.3 Å². The Kier molecular flexibility index (Phi) is 3.96. The largest absolute Gasteiger partial charge is 0.350 e. The maximum absolute atomic E-state index is 11.9. The van der Waals surface area contributed by atoms with Crippen molar-refractivity contribution < 1.29 is 9.59 Å². The molecule has 2 aliphatic rings. The molecule has 0 spiro atoms. The van der Waals surface area contributed by atoms with Gasteiger partial charge in [0, 0.05) is 12.3 Å². The number of carbonyl (C=O) groups excluding carboxylic acids is 2. The summed E-state index contributed by atoms with van der Waals surface area (Å²) in [5.41, 5.74) is 2.50. The van der Waals surface area contributed by atoms with Crippen LogP contribution >= 0.6 is 11.8 Å². The SMILES string of the molecule is O=C1N[C@@H](C(=O)NCc2ccc(C3CCC3)cc2)CS1. The average molecular weight is 290 g/mol. The lowest BCUT2D eigenvalue weighted by Crippen LogP contribution is -2.42. The molecule has 106 valence electrons. The fourth-order valence-electron chi connectivity index (χ4n) is 2.49. The van der Waals surface area contributed by atoms with E-state index in [2.05, 4.69) is 34.9 Å². The van der Waals surface area contributed by atoms with Crippen molar-refractivity contribution in [1.82, 2.24) is 10.6 Å². The van der Waals surface area contributed by atoms with Crippen LogP contribution in [-0.4, -0.2) is 22.9 Å². The highest BCUT2D eigenvalue weighted by molar-refractivity contribution is 8.14. The van der Waals surface area contributed by atoms with Gasteiger partial charge in [-0.3, -0.25) is 9.59 Å². The van der Waals surface area contributed by atoms with Gasteiger partial charge in [-0.15, -0.1) is 0 Å². The number of carbonyl (C=O) groups is 2. The van der Waals surface area contributed by atoms with Crippen LogP contribution in [0.4, 0.5) is 4.79 Å². The van der Waals surface area contributed by atoms with Crippen LogP contribution in [0, 0.1) is 0 Å². The van der Waals surface area contributed by atoms with Crippen LogP contribution in [0.5, 0.6) is 0 Å². The monoisotopic (exact) mass is 290 g/mol. The molecule has 1 aromatic carbocycles. The van der Waals surface area contributed by atoms with Crippen molar-refractivity contribution in [3.05, 3.63) is 35.4 Å². The molecule has 1 aromatic rings. The summed E-state index contributed by atoms with van der Waals surface area (Å²) in [6, 6.07) is 8.10. The predicted octanol–water partition coefficient (Wildman–Crippen LogP) is 2.40. The molecule has 1 saturated carbocycles. The fourth-order valence-corrected chi connectivity index (χ4v) is 3.27. The van der Waals surface area contributed by atoms with Gasteiger partial charge in [0.15, 0.2) is 0 Å². The number of hydrogen-bond acceptors (Lipinski definition) is 3. The van der Waals surface area contributed by atoms with E-state index in [-0.39, 0.29) is 17.2 Å². The molecule has 2 amide bonds. The van der Waals surface area contributed by atoms with Crippen LogP contribution in [0.25, 0.3) is 0 Å². The zero-order valence-corrected chi connectivity index (χ0v) is 12.0. The van der Waals surface area contributed by atoms with E-state index in [1.54, 1.807) is 0 Å². The minimum absolute atomic E-state index is 0.105. The van der Waals surface area contributed by atoms with Gasteiger partial charge in [-0.25, -0.2) is 0 Å². The zero-order chi connectivity index (χ0) is 13.9. The molecular formula is C15H18N2O2S. The minimum atomic E-state index is -0.387. The molecule has 3 rings (SSSR count). The third-order valence-electron chi connectivity index (χ3n) is 4.01. The van der Waals surface area contributed by atoms with Crippen molar-refractivity contribution in [2.45, 2.75) is 37.8 Å². The van der Waals surface area contributed by atoms with Crippen LogP contribution < -0.4 is 10.6 Å². The summed E-state index contributed by atoms with van der Waals surface area (Å²) in [7, 11) is 0. The molecule has 1 aliphatic carbocycles. The van der Waals surface area contributed by atoms with Crippen LogP contribution in [0.3, 0.4) is 0 Å². The van der Waals surface area contributed by atoms with Crippen LogP contribution in [-0.2, 0) is 11.3 Å². The number of rotatable bonds is 4. The maximum atomic E-state index is 11.9. The number of amides is 2. The smallest absolute Gasteiger partial charge is 0.279 e. The van der Waals surface area contributed by atoms with E-state index >= 15 is 0 Å². The van der Waals surface area contributed by atoms with E-state index in [1.165, 1.54) is 24.8 Å². The summed E-state index contributed by atoms with van der Waals surface area (Å²) in [5.74, 6) is 1.15. The second-order valence-electron chi connectivity index (χ2n) is 5.38. The van der Waals surface area contributed by atoms with Crippen molar-refractivity contribution in [2.24, 2.45) is 0 Å². The van der Waals surface area contributed by atoms with Gasteiger partial charge in [0.2, 0.25) is 5.91 Å². The summed E-state index contributed by atoms with van der Waals surface area (Å²) in [6.45, 7) is 0.515. The van der Waals surface area contributed by atoms with Crippen molar-refractivity contribution in [3.63, 3.8) is 0 Å². The molecular weight excluding hydrogens is 272 g/mol. The number of nitrogens with one attached hydrogen (secondary N) is 2. The third-order valence-corrected chi connectivity index (χ3v) is 4.89. The molecule has 1 atom stereocenters. The second kappa shape index (κ2) is 5.87. The minimum Gasteiger partial charge on any atom is -0.350 e. The summed E-state index contributed by atoms with van der Waals surface area (Å²) in [4.78, 5) is 22.9. The molecule has 2 fully saturated rings. The highest BCUT2D eigenvalue weighted by Crippen LogP contribution is 2.36. The van der Waals surface area contributed by atoms with E-state index < -0.39 is 0 Å². The molecule has 4 nitrogen and oxygen atoms in total. The summed E-state index contributed by atoms with van der Waals surface area (Å²) in [6.07, 6.45) is 3.94. The first kappa shape index (κ1) is 13.5. The van der Waals surface area contributed by atoms with Crippen molar-refractivity contribution >= 4 is 22.9 Å². The molecule has 1 saturated heterocycles. The topological polar surface area (TPSA) is 58.2 Å². The van der Waals surface area contributed by atoms with Crippen LogP contribution in [0.1, 0.15) is 36.3 Å². The Labute approximate surface area is 122 Å². The number of benzene rings is 1. The quantitative estimate of drug-likeness (QED) is 0.895. The van der Waals surface area contributed by atoms with Gasteiger partial charge in [0.25, 0.3) is 5.24 Å². The molecule has 1 aliphatic heterocycles. The second-order valence-corrected chi connectivity index (χ2v) is 6.38. The lowest BCUT2D eigenvalue weighted by atomic mass is 9.80. The van der Waals surface area contributed by atoms with E-state index in [4.69, 9.17) is 0 Å². The van der Waals surface area contributed by atoms with Gasteiger partial charge in [-0.05, 0) is 29.9 Å². The number of hydrogen-bond donors (Lipinski definition) is 2. The molecule has 0 aromatic heterocycles. The highest BCUT2D eigenvalue weighted by Gasteiger charge is 2.27.